The highest BCUT2D eigenvalue weighted by molar-refractivity contribution is 5.92. The molecule has 0 radical (unpaired) electrons. The Balaban J connectivity index is 1.59. The van der Waals surface area contributed by atoms with E-state index in [-0.39, 0.29) is 17.2 Å². The summed E-state index contributed by atoms with van der Waals surface area (Å²) < 4.78 is 7.26. The Labute approximate surface area is 174 Å². The zero-order valence-corrected chi connectivity index (χ0v) is 17.0. The fraction of sp³-hybridized carbons (Fsp3) is 0.208. The first-order chi connectivity index (χ1) is 14.6. The van der Waals surface area contributed by atoms with Gasteiger partial charge in [0.2, 0.25) is 0 Å². The van der Waals surface area contributed by atoms with E-state index in [0.29, 0.717) is 13.1 Å². The first kappa shape index (κ1) is 19.6. The third kappa shape index (κ3) is 3.89. The monoisotopic (exact) mass is 401 g/mol. The summed E-state index contributed by atoms with van der Waals surface area (Å²) >= 11 is 0. The summed E-state index contributed by atoms with van der Waals surface area (Å²) in [5, 5.41) is 5.32. The fourth-order valence-electron chi connectivity index (χ4n) is 3.55. The number of para-hydroxylation sites is 1. The number of aryl methyl sites for hydroxylation is 1. The minimum absolute atomic E-state index is 0.235. The Bertz CT molecular complexity index is 1240. The van der Waals surface area contributed by atoms with E-state index in [9.17, 15) is 9.59 Å². The van der Waals surface area contributed by atoms with Gasteiger partial charge in [-0.25, -0.2) is 4.68 Å². The molecule has 0 saturated carbocycles. The van der Waals surface area contributed by atoms with Crippen molar-refractivity contribution in [1.29, 1.82) is 0 Å². The molecule has 4 aromatic rings. The van der Waals surface area contributed by atoms with Gasteiger partial charge in [-0.2, -0.15) is 5.10 Å². The summed E-state index contributed by atoms with van der Waals surface area (Å²) in [6, 6.07) is 20.3. The Morgan fingerprint density at radius 3 is 2.53 bits per heavy atom. The van der Waals surface area contributed by atoms with Crippen LogP contribution in [-0.2, 0) is 19.5 Å². The lowest BCUT2D eigenvalue weighted by Gasteiger charge is -2.17. The molecule has 0 aliphatic rings. The normalized spacial score (nSPS) is 11.0. The van der Waals surface area contributed by atoms with Crippen LogP contribution in [0.4, 0.5) is 0 Å². The lowest BCUT2D eigenvalue weighted by molar-refractivity contribution is 0.0776. The van der Waals surface area contributed by atoms with E-state index in [2.05, 4.69) is 5.10 Å². The van der Waals surface area contributed by atoms with E-state index in [1.165, 1.54) is 16.8 Å². The summed E-state index contributed by atoms with van der Waals surface area (Å²) in [7, 11) is 1.73. The zero-order chi connectivity index (χ0) is 21.1. The number of carbonyl (C=O) groups excluding carboxylic acids is 1. The number of fused-ring (bicyclic) bond motifs is 1. The van der Waals surface area contributed by atoms with E-state index < -0.39 is 0 Å². The van der Waals surface area contributed by atoms with Crippen LogP contribution < -0.4 is 5.56 Å². The number of benzene rings is 2. The molecular formula is C24H23N3O3. The van der Waals surface area contributed by atoms with Crippen LogP contribution in [0, 0.1) is 0 Å². The molecule has 0 aliphatic carbocycles. The molecule has 2 aromatic carbocycles. The number of rotatable bonds is 6. The highest BCUT2D eigenvalue weighted by Gasteiger charge is 2.19. The minimum atomic E-state index is -0.246. The quantitative estimate of drug-likeness (QED) is 0.492. The summed E-state index contributed by atoms with van der Waals surface area (Å²) in [5.41, 5.74) is 2.76. The van der Waals surface area contributed by atoms with Gasteiger partial charge >= 0.3 is 0 Å². The van der Waals surface area contributed by atoms with E-state index >= 15 is 0 Å². The summed E-state index contributed by atoms with van der Waals surface area (Å²) in [5.74, 6) is 0.627. The van der Waals surface area contributed by atoms with Crippen LogP contribution in [0.3, 0.4) is 0 Å². The third-order valence-corrected chi connectivity index (χ3v) is 5.11. The molecule has 0 saturated heterocycles. The molecule has 0 spiro atoms. The molecule has 2 heterocycles. The molecule has 0 aliphatic heterocycles. The smallest absolute Gasteiger partial charge is 0.274 e. The van der Waals surface area contributed by atoms with Gasteiger partial charge in [-0.15, -0.1) is 0 Å². The molecule has 0 fully saturated rings. The first-order valence-electron chi connectivity index (χ1n) is 9.93. The van der Waals surface area contributed by atoms with Gasteiger partial charge in [0.15, 0.2) is 0 Å². The van der Waals surface area contributed by atoms with Crippen molar-refractivity contribution in [1.82, 2.24) is 14.7 Å². The number of furan rings is 1. The standard InChI is InChI=1S/C24H23N3O3/c1-3-21-19(18-11-7-8-12-22(18)30-21)16-26(2)24(29)20-13-14-23(28)27(25-20)15-17-9-5-4-6-10-17/h4-14H,3,15-16H2,1-2H3. The maximum atomic E-state index is 13.0. The molecule has 0 atom stereocenters. The lowest BCUT2D eigenvalue weighted by atomic mass is 10.1. The van der Waals surface area contributed by atoms with Crippen LogP contribution in [0.25, 0.3) is 11.0 Å². The van der Waals surface area contributed by atoms with Gasteiger partial charge in [0.05, 0.1) is 6.54 Å². The lowest BCUT2D eigenvalue weighted by Crippen LogP contribution is -2.31. The van der Waals surface area contributed by atoms with E-state index in [0.717, 1.165) is 34.3 Å². The van der Waals surface area contributed by atoms with E-state index in [4.69, 9.17) is 4.42 Å². The Morgan fingerprint density at radius 1 is 1.03 bits per heavy atom. The number of carbonyl (C=O) groups is 1. The van der Waals surface area contributed by atoms with E-state index in [1.807, 2.05) is 61.5 Å². The highest BCUT2D eigenvalue weighted by Crippen LogP contribution is 2.27. The summed E-state index contributed by atoms with van der Waals surface area (Å²) in [4.78, 5) is 26.9. The molecule has 0 bridgehead atoms. The SMILES string of the molecule is CCc1oc2ccccc2c1CN(C)C(=O)c1ccc(=O)n(Cc2ccccc2)n1. The topological polar surface area (TPSA) is 68.3 Å². The van der Waals surface area contributed by atoms with E-state index in [1.54, 1.807) is 11.9 Å². The second kappa shape index (κ2) is 8.37. The number of nitrogens with zero attached hydrogens (tertiary/aromatic N) is 3. The maximum absolute atomic E-state index is 13.0. The largest absolute Gasteiger partial charge is 0.461 e. The van der Waals surface area contributed by atoms with Gasteiger partial charge in [-0.05, 0) is 17.7 Å². The molecule has 0 N–H and O–H groups in total. The second-order valence-corrected chi connectivity index (χ2v) is 7.21. The predicted molar refractivity (Wildman–Crippen MR) is 115 cm³/mol. The Hall–Kier alpha value is -3.67. The van der Waals surface area contributed by atoms with Gasteiger partial charge in [-0.1, -0.05) is 55.5 Å². The average Bonchev–Trinajstić information content (AvgIpc) is 3.13. The Kier molecular flexibility index (Phi) is 5.48. The molecular weight excluding hydrogens is 378 g/mol. The van der Waals surface area contributed by atoms with Crippen molar-refractivity contribution in [2.24, 2.45) is 0 Å². The molecule has 152 valence electrons. The number of aromatic nitrogens is 2. The first-order valence-corrected chi connectivity index (χ1v) is 9.93. The van der Waals surface area contributed by atoms with Crippen LogP contribution in [0.1, 0.15) is 34.3 Å². The van der Waals surface area contributed by atoms with Crippen molar-refractivity contribution in [2.45, 2.75) is 26.4 Å². The molecule has 6 heteroatoms. The zero-order valence-electron chi connectivity index (χ0n) is 17.0. The second-order valence-electron chi connectivity index (χ2n) is 7.21. The molecule has 30 heavy (non-hydrogen) atoms. The predicted octanol–water partition coefficient (Wildman–Crippen LogP) is 3.87. The van der Waals surface area contributed by atoms with Gasteiger partial charge < -0.3 is 9.32 Å². The summed E-state index contributed by atoms with van der Waals surface area (Å²) in [6.45, 7) is 2.75. The Morgan fingerprint density at radius 2 is 1.77 bits per heavy atom. The minimum Gasteiger partial charge on any atom is -0.461 e. The molecule has 2 aromatic heterocycles. The highest BCUT2D eigenvalue weighted by atomic mass is 16.3. The van der Waals surface area contributed by atoms with Crippen molar-refractivity contribution < 1.29 is 9.21 Å². The molecule has 0 unspecified atom stereocenters. The van der Waals surface area contributed by atoms with Gasteiger partial charge in [0.25, 0.3) is 11.5 Å². The molecule has 6 nitrogen and oxygen atoms in total. The number of hydrogen-bond acceptors (Lipinski definition) is 4. The van der Waals surface area contributed by atoms with Gasteiger partial charge in [-0.3, -0.25) is 9.59 Å². The number of amides is 1. The van der Waals surface area contributed by atoms with Crippen molar-refractivity contribution in [3.63, 3.8) is 0 Å². The van der Waals surface area contributed by atoms with Crippen LogP contribution in [0.5, 0.6) is 0 Å². The van der Waals surface area contributed by atoms with Crippen molar-refractivity contribution >= 4 is 16.9 Å². The average molecular weight is 401 g/mol. The maximum Gasteiger partial charge on any atom is 0.274 e. The fourth-order valence-corrected chi connectivity index (χ4v) is 3.55. The van der Waals surface area contributed by atoms with Crippen LogP contribution in [0.15, 0.2) is 75.9 Å². The van der Waals surface area contributed by atoms with Crippen molar-refractivity contribution in [3.8, 4) is 0 Å². The van der Waals surface area contributed by atoms with Crippen LogP contribution in [0.2, 0.25) is 0 Å². The van der Waals surface area contributed by atoms with Gasteiger partial charge in [0.1, 0.15) is 17.0 Å². The van der Waals surface area contributed by atoms with Gasteiger partial charge in [0, 0.05) is 37.0 Å². The van der Waals surface area contributed by atoms with Crippen molar-refractivity contribution in [2.75, 3.05) is 7.05 Å². The molecule has 4 rings (SSSR count). The molecule has 1 amide bonds. The van der Waals surface area contributed by atoms with Crippen LogP contribution in [-0.4, -0.2) is 27.6 Å². The van der Waals surface area contributed by atoms with Crippen LogP contribution >= 0.6 is 0 Å². The number of hydrogen-bond donors (Lipinski definition) is 0. The summed E-state index contributed by atoms with van der Waals surface area (Å²) in [6.07, 6.45) is 0.742. The van der Waals surface area contributed by atoms with Crippen molar-refractivity contribution in [3.05, 3.63) is 99.7 Å². The third-order valence-electron chi connectivity index (χ3n) is 5.11.